The number of benzene rings is 1. The van der Waals surface area contributed by atoms with E-state index in [1.807, 2.05) is 0 Å². The quantitative estimate of drug-likeness (QED) is 0.843. The van der Waals surface area contributed by atoms with Crippen LogP contribution in [-0.2, 0) is 0 Å². The number of hydrogen-bond acceptors (Lipinski definition) is 2. The van der Waals surface area contributed by atoms with Crippen molar-refractivity contribution in [1.29, 1.82) is 0 Å². The number of aliphatic hydroxyl groups is 1. The molecule has 0 aliphatic heterocycles. The fraction of sp³-hybridized carbons (Fsp3) is 0.600. The van der Waals surface area contributed by atoms with Crippen molar-refractivity contribution in [2.75, 3.05) is 6.54 Å². The maximum atomic E-state index is 13.5. The van der Waals surface area contributed by atoms with Gasteiger partial charge in [0.05, 0.1) is 6.10 Å². The largest absolute Gasteiger partial charge is 0.387 e. The van der Waals surface area contributed by atoms with Gasteiger partial charge in [0.2, 0.25) is 0 Å². The molecular formula is C15H22FNO. The van der Waals surface area contributed by atoms with Crippen LogP contribution in [0.4, 0.5) is 4.39 Å². The Morgan fingerprint density at radius 2 is 2.00 bits per heavy atom. The van der Waals surface area contributed by atoms with Crippen LogP contribution in [0.1, 0.15) is 44.3 Å². The first kappa shape index (κ1) is 13.5. The summed E-state index contributed by atoms with van der Waals surface area (Å²) in [4.78, 5) is 0. The fourth-order valence-electron chi connectivity index (χ4n) is 2.78. The molecule has 1 saturated carbocycles. The average Bonchev–Trinajstić information content (AvgIpc) is 2.90. The van der Waals surface area contributed by atoms with E-state index in [1.165, 1.54) is 31.7 Å². The lowest BCUT2D eigenvalue weighted by Crippen LogP contribution is -2.35. The van der Waals surface area contributed by atoms with Crippen LogP contribution >= 0.6 is 0 Å². The molecule has 0 saturated heterocycles. The van der Waals surface area contributed by atoms with Crippen molar-refractivity contribution in [2.45, 2.75) is 44.8 Å². The first-order chi connectivity index (χ1) is 8.68. The molecule has 0 radical (unpaired) electrons. The van der Waals surface area contributed by atoms with Gasteiger partial charge < -0.3 is 10.4 Å². The Balaban J connectivity index is 1.84. The molecule has 2 rings (SSSR count). The van der Waals surface area contributed by atoms with Gasteiger partial charge in [0.1, 0.15) is 5.82 Å². The van der Waals surface area contributed by atoms with E-state index in [4.69, 9.17) is 0 Å². The maximum absolute atomic E-state index is 13.5. The molecule has 0 spiro atoms. The number of halogens is 1. The summed E-state index contributed by atoms with van der Waals surface area (Å²) in [5, 5.41) is 13.3. The Labute approximate surface area is 108 Å². The standard InChI is InChI=1S/C15H22FNO/c1-11(12-6-2-3-7-12)17-10-15(18)13-8-4-5-9-14(13)16/h4-5,8-9,11-12,15,17-18H,2-3,6-7,10H2,1H3. The summed E-state index contributed by atoms with van der Waals surface area (Å²) in [6.07, 6.45) is 4.39. The van der Waals surface area contributed by atoms with Gasteiger partial charge in [0.25, 0.3) is 0 Å². The van der Waals surface area contributed by atoms with E-state index in [0.29, 0.717) is 24.1 Å². The lowest BCUT2D eigenvalue weighted by Gasteiger charge is -2.22. The van der Waals surface area contributed by atoms with Gasteiger partial charge >= 0.3 is 0 Å². The summed E-state index contributed by atoms with van der Waals surface area (Å²) < 4.78 is 13.5. The molecular weight excluding hydrogens is 229 g/mol. The van der Waals surface area contributed by atoms with Crippen LogP contribution in [0, 0.1) is 11.7 Å². The van der Waals surface area contributed by atoms with Crippen LogP contribution in [0.25, 0.3) is 0 Å². The van der Waals surface area contributed by atoms with E-state index in [1.54, 1.807) is 18.2 Å². The zero-order valence-corrected chi connectivity index (χ0v) is 10.9. The number of nitrogens with one attached hydrogen (secondary N) is 1. The third-order valence-electron chi connectivity index (χ3n) is 4.00. The third kappa shape index (κ3) is 3.30. The Morgan fingerprint density at radius 3 is 2.67 bits per heavy atom. The highest BCUT2D eigenvalue weighted by atomic mass is 19.1. The first-order valence-electron chi connectivity index (χ1n) is 6.84. The van der Waals surface area contributed by atoms with Gasteiger partial charge in [-0.15, -0.1) is 0 Å². The molecule has 2 unspecified atom stereocenters. The lowest BCUT2D eigenvalue weighted by molar-refractivity contribution is 0.161. The normalized spacial score (nSPS) is 19.9. The molecule has 0 bridgehead atoms. The molecule has 2 N–H and O–H groups in total. The highest BCUT2D eigenvalue weighted by Crippen LogP contribution is 2.27. The first-order valence-corrected chi connectivity index (χ1v) is 6.84. The second kappa shape index (κ2) is 6.30. The summed E-state index contributed by atoms with van der Waals surface area (Å²) in [5.74, 6) is 0.373. The number of rotatable bonds is 5. The Bertz CT molecular complexity index is 377. The topological polar surface area (TPSA) is 32.3 Å². The van der Waals surface area contributed by atoms with Crippen LogP contribution in [-0.4, -0.2) is 17.7 Å². The van der Waals surface area contributed by atoms with Crippen LogP contribution in [0.2, 0.25) is 0 Å². The highest BCUT2D eigenvalue weighted by Gasteiger charge is 2.22. The zero-order valence-electron chi connectivity index (χ0n) is 10.9. The van der Waals surface area contributed by atoms with Crippen molar-refractivity contribution in [2.24, 2.45) is 5.92 Å². The predicted molar refractivity (Wildman–Crippen MR) is 70.8 cm³/mol. The number of hydrogen-bond donors (Lipinski definition) is 2. The minimum atomic E-state index is -0.768. The highest BCUT2D eigenvalue weighted by molar-refractivity contribution is 5.20. The van der Waals surface area contributed by atoms with Crippen LogP contribution < -0.4 is 5.32 Å². The molecule has 0 aromatic heterocycles. The van der Waals surface area contributed by atoms with Crippen molar-refractivity contribution in [3.8, 4) is 0 Å². The molecule has 0 heterocycles. The van der Waals surface area contributed by atoms with Crippen LogP contribution in [0.3, 0.4) is 0 Å². The Hall–Kier alpha value is -0.930. The van der Waals surface area contributed by atoms with Gasteiger partial charge in [-0.3, -0.25) is 0 Å². The van der Waals surface area contributed by atoms with Crippen LogP contribution in [0.15, 0.2) is 24.3 Å². The van der Waals surface area contributed by atoms with Crippen molar-refractivity contribution in [1.82, 2.24) is 5.32 Å². The van der Waals surface area contributed by atoms with Crippen molar-refractivity contribution in [3.63, 3.8) is 0 Å². The van der Waals surface area contributed by atoms with Gasteiger partial charge in [0, 0.05) is 18.2 Å². The Kier molecular flexibility index (Phi) is 4.72. The van der Waals surface area contributed by atoms with Crippen LogP contribution in [0.5, 0.6) is 0 Å². The fourth-order valence-corrected chi connectivity index (χ4v) is 2.78. The lowest BCUT2D eigenvalue weighted by atomic mass is 9.99. The van der Waals surface area contributed by atoms with Gasteiger partial charge in [-0.25, -0.2) is 4.39 Å². The maximum Gasteiger partial charge on any atom is 0.129 e. The summed E-state index contributed by atoms with van der Waals surface area (Å²) in [7, 11) is 0. The van der Waals surface area contributed by atoms with Crippen molar-refractivity contribution >= 4 is 0 Å². The average molecular weight is 251 g/mol. The molecule has 0 amide bonds. The van der Waals surface area contributed by atoms with Crippen molar-refractivity contribution in [3.05, 3.63) is 35.6 Å². The molecule has 100 valence electrons. The van der Waals surface area contributed by atoms with Gasteiger partial charge in [-0.05, 0) is 31.7 Å². The van der Waals surface area contributed by atoms with Crippen molar-refractivity contribution < 1.29 is 9.50 Å². The van der Waals surface area contributed by atoms with Gasteiger partial charge in [-0.2, -0.15) is 0 Å². The molecule has 18 heavy (non-hydrogen) atoms. The molecule has 2 atom stereocenters. The van der Waals surface area contributed by atoms with Gasteiger partial charge in [-0.1, -0.05) is 31.0 Å². The Morgan fingerprint density at radius 1 is 1.33 bits per heavy atom. The van der Waals surface area contributed by atoms with E-state index in [9.17, 15) is 9.50 Å². The molecule has 1 aromatic rings. The molecule has 3 heteroatoms. The summed E-state index contributed by atoms with van der Waals surface area (Å²) in [5.41, 5.74) is 0.378. The van der Waals surface area contributed by atoms with E-state index in [-0.39, 0.29) is 5.82 Å². The second-order valence-corrected chi connectivity index (χ2v) is 5.28. The number of aliphatic hydroxyl groups excluding tert-OH is 1. The molecule has 1 aliphatic rings. The van der Waals surface area contributed by atoms with E-state index in [0.717, 1.165) is 0 Å². The molecule has 1 aromatic carbocycles. The van der Waals surface area contributed by atoms with E-state index in [2.05, 4.69) is 12.2 Å². The second-order valence-electron chi connectivity index (χ2n) is 5.28. The van der Waals surface area contributed by atoms with E-state index < -0.39 is 6.10 Å². The summed E-state index contributed by atoms with van der Waals surface area (Å²) in [6.45, 7) is 2.57. The SMILES string of the molecule is CC(NCC(O)c1ccccc1F)C1CCCC1. The van der Waals surface area contributed by atoms with E-state index >= 15 is 0 Å². The summed E-state index contributed by atoms with van der Waals surface area (Å²) in [6, 6.07) is 6.82. The predicted octanol–water partition coefficient (Wildman–Crippen LogP) is 3.03. The minimum absolute atomic E-state index is 0.333. The third-order valence-corrected chi connectivity index (χ3v) is 4.00. The summed E-state index contributed by atoms with van der Waals surface area (Å²) >= 11 is 0. The molecule has 1 aliphatic carbocycles. The minimum Gasteiger partial charge on any atom is -0.387 e. The molecule has 2 nitrogen and oxygen atoms in total. The van der Waals surface area contributed by atoms with Gasteiger partial charge in [0.15, 0.2) is 0 Å². The smallest absolute Gasteiger partial charge is 0.129 e. The zero-order chi connectivity index (χ0) is 13.0. The molecule has 1 fully saturated rings. The monoisotopic (exact) mass is 251 g/mol.